The van der Waals surface area contributed by atoms with Gasteiger partial charge < -0.3 is 34.0 Å². The Bertz CT molecular complexity index is 792. The van der Waals surface area contributed by atoms with E-state index >= 15 is 0 Å². The van der Waals surface area contributed by atoms with Gasteiger partial charge in [-0.3, -0.25) is 4.90 Å². The van der Waals surface area contributed by atoms with Gasteiger partial charge in [-0.25, -0.2) is 4.79 Å². The molecule has 3 unspecified atom stereocenters. The number of anilines is 1. The molecule has 0 radical (unpaired) electrons. The van der Waals surface area contributed by atoms with Crippen LogP contribution in [0.3, 0.4) is 0 Å². The summed E-state index contributed by atoms with van der Waals surface area (Å²) in [5.74, 6) is -0.148. The molecule has 1 aliphatic carbocycles. The van der Waals surface area contributed by atoms with Gasteiger partial charge in [0.1, 0.15) is 0 Å². The number of hydrogen-bond acceptors (Lipinski definition) is 4. The first-order valence-electron chi connectivity index (χ1n) is 9.59. The van der Waals surface area contributed by atoms with E-state index in [2.05, 4.69) is 41.4 Å². The van der Waals surface area contributed by atoms with Crippen LogP contribution in [-0.4, -0.2) is 37.1 Å². The standard InChI is InChI=1S/C21H26N2O2.HI/c1-3-20-9-6-11-23-12-10-21(19(20)23)15-7-4-5-8-16(15)22-17(21)14(13-20)18(24)25-2;/h4-5,7-8,19,22H,3,6,9-13H2,1-2H3;1H/p-1. The molecule has 4 aliphatic rings. The molecule has 0 amide bonds. The van der Waals surface area contributed by atoms with Crippen molar-refractivity contribution in [1.82, 2.24) is 4.90 Å². The Morgan fingerprint density at radius 1 is 1.31 bits per heavy atom. The summed E-state index contributed by atoms with van der Waals surface area (Å²) in [5, 5.41) is 3.65. The second kappa shape index (κ2) is 6.23. The maximum absolute atomic E-state index is 12.7. The van der Waals surface area contributed by atoms with Gasteiger partial charge in [-0.1, -0.05) is 25.1 Å². The highest BCUT2D eigenvalue weighted by Gasteiger charge is 2.65. The van der Waals surface area contributed by atoms with E-state index < -0.39 is 0 Å². The number of ether oxygens (including phenoxy) is 1. The Balaban J connectivity index is 0.00000168. The highest BCUT2D eigenvalue weighted by Crippen LogP contribution is 2.65. The number of carbonyl (C=O) groups is 1. The Morgan fingerprint density at radius 2 is 2.12 bits per heavy atom. The van der Waals surface area contributed by atoms with Crippen molar-refractivity contribution >= 4 is 11.7 Å². The van der Waals surface area contributed by atoms with Gasteiger partial charge >= 0.3 is 5.97 Å². The third kappa shape index (κ3) is 2.07. The fourth-order valence-corrected chi connectivity index (χ4v) is 6.49. The predicted octanol–water partition coefficient (Wildman–Crippen LogP) is 0.449. The van der Waals surface area contributed by atoms with Gasteiger partial charge in [-0.2, -0.15) is 0 Å². The summed E-state index contributed by atoms with van der Waals surface area (Å²) in [6, 6.07) is 9.15. The highest BCUT2D eigenvalue weighted by atomic mass is 127. The fraction of sp³-hybridized carbons (Fsp3) is 0.571. The van der Waals surface area contributed by atoms with Gasteiger partial charge in [0, 0.05) is 17.4 Å². The van der Waals surface area contributed by atoms with Gasteiger partial charge in [-0.05, 0) is 62.2 Å². The summed E-state index contributed by atoms with van der Waals surface area (Å²) in [7, 11) is 1.51. The molecule has 3 atom stereocenters. The first-order chi connectivity index (χ1) is 12.2. The monoisotopic (exact) mass is 465 g/mol. The van der Waals surface area contributed by atoms with Crippen molar-refractivity contribution in [2.75, 3.05) is 25.5 Å². The van der Waals surface area contributed by atoms with E-state index in [1.165, 1.54) is 37.7 Å². The molecule has 0 saturated carbocycles. The van der Waals surface area contributed by atoms with E-state index in [9.17, 15) is 4.79 Å². The lowest BCUT2D eigenvalue weighted by atomic mass is 9.53. The second-order valence-corrected chi connectivity index (χ2v) is 8.17. The maximum Gasteiger partial charge on any atom is 0.335 e. The molecular formula is C21H26IN2O2-. The average molecular weight is 465 g/mol. The van der Waals surface area contributed by atoms with Crippen LogP contribution in [0, 0.1) is 5.41 Å². The Hall–Kier alpha value is -1.08. The molecule has 5 heteroatoms. The molecule has 2 saturated heterocycles. The van der Waals surface area contributed by atoms with E-state index in [4.69, 9.17) is 4.74 Å². The zero-order chi connectivity index (χ0) is 17.2. The van der Waals surface area contributed by atoms with Gasteiger partial charge in [-0.15, -0.1) is 0 Å². The number of fused-ring (bicyclic) bond motifs is 1. The lowest BCUT2D eigenvalue weighted by Crippen LogP contribution is -3.00. The van der Waals surface area contributed by atoms with Crippen molar-refractivity contribution < 1.29 is 33.5 Å². The molecule has 0 bridgehead atoms. The Labute approximate surface area is 172 Å². The fourth-order valence-electron chi connectivity index (χ4n) is 6.49. The van der Waals surface area contributed by atoms with Gasteiger partial charge in [0.15, 0.2) is 0 Å². The number of nitrogens with one attached hydrogen (secondary N) is 1. The SMILES string of the molecule is CCC12CCCN3CCC4(C(=C(C(=O)OC)C1)Nc1ccccc14)C32.[I-]. The quantitative estimate of drug-likeness (QED) is 0.509. The number of carbonyl (C=O) groups excluding carboxylic acids is 1. The number of rotatable bonds is 2. The van der Waals surface area contributed by atoms with E-state index in [-0.39, 0.29) is 40.8 Å². The first kappa shape index (κ1) is 18.3. The van der Waals surface area contributed by atoms with Crippen LogP contribution in [0.2, 0.25) is 0 Å². The molecule has 1 aromatic rings. The number of nitrogens with zero attached hydrogens (tertiary/aromatic N) is 1. The highest BCUT2D eigenvalue weighted by molar-refractivity contribution is 5.93. The molecule has 4 nitrogen and oxygen atoms in total. The van der Waals surface area contributed by atoms with Crippen LogP contribution in [0.5, 0.6) is 0 Å². The molecule has 2 fully saturated rings. The minimum Gasteiger partial charge on any atom is -1.00 e. The number of benzene rings is 1. The van der Waals surface area contributed by atoms with Crippen molar-refractivity contribution in [3.05, 3.63) is 41.1 Å². The van der Waals surface area contributed by atoms with E-state index in [0.29, 0.717) is 6.04 Å². The summed E-state index contributed by atoms with van der Waals surface area (Å²) >= 11 is 0. The zero-order valence-corrected chi connectivity index (χ0v) is 17.6. The molecule has 1 spiro atoms. The van der Waals surface area contributed by atoms with Crippen LogP contribution in [0.15, 0.2) is 35.5 Å². The predicted molar refractivity (Wildman–Crippen MR) is 97.3 cm³/mol. The third-order valence-electron chi connectivity index (χ3n) is 7.41. The molecule has 3 heterocycles. The van der Waals surface area contributed by atoms with Crippen molar-refractivity contribution in [2.45, 2.75) is 50.5 Å². The second-order valence-electron chi connectivity index (χ2n) is 8.17. The van der Waals surface area contributed by atoms with Gasteiger partial charge in [0.05, 0.1) is 18.1 Å². The number of esters is 1. The summed E-state index contributed by atoms with van der Waals surface area (Å²) < 4.78 is 5.22. The van der Waals surface area contributed by atoms with E-state index in [1.807, 2.05) is 0 Å². The molecule has 3 aliphatic heterocycles. The zero-order valence-electron chi connectivity index (χ0n) is 15.5. The van der Waals surface area contributed by atoms with Crippen molar-refractivity contribution in [1.29, 1.82) is 0 Å². The lowest BCUT2D eigenvalue weighted by molar-refractivity contribution is -0.137. The van der Waals surface area contributed by atoms with Crippen LogP contribution in [0.1, 0.15) is 44.6 Å². The van der Waals surface area contributed by atoms with Crippen LogP contribution in [0.4, 0.5) is 5.69 Å². The van der Waals surface area contributed by atoms with E-state index in [1.54, 1.807) is 0 Å². The van der Waals surface area contributed by atoms with E-state index in [0.717, 1.165) is 37.1 Å². The molecule has 0 aromatic heterocycles. The molecule has 1 aromatic carbocycles. The molecule has 5 rings (SSSR count). The summed E-state index contributed by atoms with van der Waals surface area (Å²) in [4.78, 5) is 15.4. The minimum absolute atomic E-state index is 0. The smallest absolute Gasteiger partial charge is 0.335 e. The maximum atomic E-state index is 12.7. The number of para-hydroxylation sites is 1. The average Bonchev–Trinajstić information content (AvgIpc) is 3.21. The van der Waals surface area contributed by atoms with Crippen LogP contribution < -0.4 is 29.3 Å². The number of methoxy groups -OCH3 is 1. The molecular weight excluding hydrogens is 439 g/mol. The number of halogens is 1. The molecule has 26 heavy (non-hydrogen) atoms. The first-order valence-corrected chi connectivity index (χ1v) is 9.59. The van der Waals surface area contributed by atoms with Crippen molar-refractivity contribution in [3.63, 3.8) is 0 Å². The number of hydrogen-bond donors (Lipinski definition) is 1. The van der Waals surface area contributed by atoms with Gasteiger partial charge in [0.25, 0.3) is 0 Å². The molecule has 1 N–H and O–H groups in total. The summed E-state index contributed by atoms with van der Waals surface area (Å²) in [6.45, 7) is 4.63. The van der Waals surface area contributed by atoms with Crippen LogP contribution in [0.25, 0.3) is 0 Å². The van der Waals surface area contributed by atoms with Crippen molar-refractivity contribution in [3.8, 4) is 0 Å². The summed E-state index contributed by atoms with van der Waals surface area (Å²) in [6.07, 6.45) is 5.50. The summed E-state index contributed by atoms with van der Waals surface area (Å²) in [5.41, 5.74) is 4.71. The minimum atomic E-state index is -0.148. The molecule has 140 valence electrons. The normalized spacial score (nSPS) is 34.3. The van der Waals surface area contributed by atoms with Crippen LogP contribution >= 0.6 is 0 Å². The Morgan fingerprint density at radius 3 is 2.88 bits per heavy atom. The van der Waals surface area contributed by atoms with Crippen LogP contribution in [-0.2, 0) is 14.9 Å². The largest absolute Gasteiger partial charge is 1.00 e. The topological polar surface area (TPSA) is 41.6 Å². The van der Waals surface area contributed by atoms with Gasteiger partial charge in [0.2, 0.25) is 0 Å². The third-order valence-corrected chi connectivity index (χ3v) is 7.41. The Kier molecular flexibility index (Phi) is 4.38. The number of piperidine rings is 1. The lowest BCUT2D eigenvalue weighted by Gasteiger charge is -2.56. The van der Waals surface area contributed by atoms with Crippen molar-refractivity contribution in [2.24, 2.45) is 5.41 Å².